The van der Waals surface area contributed by atoms with Crippen LogP contribution in [0.25, 0.3) is 0 Å². The lowest BCUT2D eigenvalue weighted by atomic mass is 9.93. The van der Waals surface area contributed by atoms with Gasteiger partial charge >= 0.3 is 0 Å². The maximum Gasteiger partial charge on any atom is 0.124 e. The predicted molar refractivity (Wildman–Crippen MR) is 83.6 cm³/mol. The van der Waals surface area contributed by atoms with Crippen LogP contribution in [0.4, 0.5) is 4.39 Å². The standard InChI is InChI=1S/C17H19ClFNO/c1-17(2,15-8-7-14(19)9-16(15)18)20-10-12-3-5-13(11-21)6-4-12/h3-9,20-21H,10-11H2,1-2H3. The van der Waals surface area contributed by atoms with E-state index in [-0.39, 0.29) is 18.0 Å². The Balaban J connectivity index is 2.09. The molecule has 2 aromatic rings. The lowest BCUT2D eigenvalue weighted by Gasteiger charge is -2.28. The van der Waals surface area contributed by atoms with Gasteiger partial charge in [0.05, 0.1) is 6.61 Å². The van der Waals surface area contributed by atoms with E-state index in [0.717, 1.165) is 16.7 Å². The SMILES string of the molecule is CC(C)(NCc1ccc(CO)cc1)c1ccc(F)cc1Cl. The number of hydrogen-bond donors (Lipinski definition) is 2. The summed E-state index contributed by atoms with van der Waals surface area (Å²) in [4.78, 5) is 0. The van der Waals surface area contributed by atoms with E-state index in [0.29, 0.717) is 11.6 Å². The lowest BCUT2D eigenvalue weighted by molar-refractivity contribution is 0.282. The van der Waals surface area contributed by atoms with Crippen LogP contribution >= 0.6 is 11.6 Å². The van der Waals surface area contributed by atoms with Crippen LogP contribution in [-0.2, 0) is 18.7 Å². The van der Waals surface area contributed by atoms with Crippen LogP contribution in [0.5, 0.6) is 0 Å². The molecule has 0 fully saturated rings. The highest BCUT2D eigenvalue weighted by atomic mass is 35.5. The van der Waals surface area contributed by atoms with Crippen molar-refractivity contribution in [3.05, 3.63) is 70.0 Å². The van der Waals surface area contributed by atoms with E-state index < -0.39 is 0 Å². The van der Waals surface area contributed by atoms with Gasteiger partial charge in [-0.1, -0.05) is 41.9 Å². The zero-order valence-electron chi connectivity index (χ0n) is 12.2. The minimum Gasteiger partial charge on any atom is -0.392 e. The van der Waals surface area contributed by atoms with Crippen molar-refractivity contribution in [2.75, 3.05) is 0 Å². The van der Waals surface area contributed by atoms with E-state index in [2.05, 4.69) is 5.32 Å². The number of aliphatic hydroxyl groups excluding tert-OH is 1. The highest BCUT2D eigenvalue weighted by Crippen LogP contribution is 2.28. The molecule has 0 aliphatic rings. The van der Waals surface area contributed by atoms with Crippen LogP contribution in [0.1, 0.15) is 30.5 Å². The summed E-state index contributed by atoms with van der Waals surface area (Å²) >= 11 is 6.13. The maximum atomic E-state index is 13.1. The number of benzene rings is 2. The van der Waals surface area contributed by atoms with Crippen molar-refractivity contribution in [1.29, 1.82) is 0 Å². The Labute approximate surface area is 129 Å². The molecule has 0 atom stereocenters. The van der Waals surface area contributed by atoms with Gasteiger partial charge in [0, 0.05) is 17.1 Å². The second-order valence-electron chi connectivity index (χ2n) is 5.58. The van der Waals surface area contributed by atoms with Gasteiger partial charge in [0.2, 0.25) is 0 Å². The number of aliphatic hydroxyl groups is 1. The summed E-state index contributed by atoms with van der Waals surface area (Å²) in [6.45, 7) is 4.72. The van der Waals surface area contributed by atoms with Crippen molar-refractivity contribution < 1.29 is 9.50 Å². The fourth-order valence-electron chi connectivity index (χ4n) is 2.18. The summed E-state index contributed by atoms with van der Waals surface area (Å²) in [5, 5.41) is 12.9. The van der Waals surface area contributed by atoms with Gasteiger partial charge in [-0.25, -0.2) is 4.39 Å². The summed E-state index contributed by atoms with van der Waals surface area (Å²) in [5.74, 6) is -0.334. The van der Waals surface area contributed by atoms with Gasteiger partial charge in [0.25, 0.3) is 0 Å². The first-order valence-electron chi connectivity index (χ1n) is 6.81. The molecule has 0 aliphatic carbocycles. The quantitative estimate of drug-likeness (QED) is 0.875. The number of nitrogens with one attached hydrogen (secondary N) is 1. The number of hydrogen-bond acceptors (Lipinski definition) is 2. The number of rotatable bonds is 5. The van der Waals surface area contributed by atoms with Gasteiger partial charge in [-0.05, 0) is 42.7 Å². The van der Waals surface area contributed by atoms with Crippen molar-refractivity contribution in [3.63, 3.8) is 0 Å². The van der Waals surface area contributed by atoms with Crippen LogP contribution in [-0.4, -0.2) is 5.11 Å². The van der Waals surface area contributed by atoms with E-state index in [9.17, 15) is 4.39 Å². The van der Waals surface area contributed by atoms with Gasteiger partial charge < -0.3 is 10.4 Å². The molecule has 0 saturated carbocycles. The number of halogens is 2. The molecule has 0 aliphatic heterocycles. The monoisotopic (exact) mass is 307 g/mol. The highest BCUT2D eigenvalue weighted by Gasteiger charge is 2.22. The Hall–Kier alpha value is -1.42. The fraction of sp³-hybridized carbons (Fsp3) is 0.294. The predicted octanol–water partition coefficient (Wildman–Crippen LogP) is 4.00. The summed E-state index contributed by atoms with van der Waals surface area (Å²) < 4.78 is 13.1. The molecular formula is C17H19ClFNO. The fourth-order valence-corrected chi connectivity index (χ4v) is 2.58. The van der Waals surface area contributed by atoms with Gasteiger partial charge in [-0.2, -0.15) is 0 Å². The van der Waals surface area contributed by atoms with Crippen LogP contribution in [0, 0.1) is 5.82 Å². The van der Waals surface area contributed by atoms with E-state index in [1.807, 2.05) is 38.1 Å². The molecule has 2 aromatic carbocycles. The van der Waals surface area contributed by atoms with E-state index in [1.54, 1.807) is 6.07 Å². The van der Waals surface area contributed by atoms with Gasteiger partial charge in [0.15, 0.2) is 0 Å². The van der Waals surface area contributed by atoms with Crippen molar-refractivity contribution in [1.82, 2.24) is 5.32 Å². The highest BCUT2D eigenvalue weighted by molar-refractivity contribution is 6.31. The topological polar surface area (TPSA) is 32.3 Å². The van der Waals surface area contributed by atoms with Crippen LogP contribution in [0.2, 0.25) is 5.02 Å². The molecule has 0 bridgehead atoms. The molecule has 0 heterocycles. The van der Waals surface area contributed by atoms with E-state index >= 15 is 0 Å². The minimum absolute atomic E-state index is 0.0460. The van der Waals surface area contributed by atoms with Crippen LogP contribution < -0.4 is 5.32 Å². The molecule has 0 amide bonds. The third-order valence-corrected chi connectivity index (χ3v) is 3.86. The van der Waals surface area contributed by atoms with Crippen LogP contribution in [0.15, 0.2) is 42.5 Å². The first-order chi connectivity index (χ1) is 9.92. The van der Waals surface area contributed by atoms with Crippen molar-refractivity contribution in [2.24, 2.45) is 0 Å². The Bertz CT molecular complexity index is 611. The van der Waals surface area contributed by atoms with Gasteiger partial charge in [-0.3, -0.25) is 0 Å². The molecule has 21 heavy (non-hydrogen) atoms. The molecule has 4 heteroatoms. The summed E-state index contributed by atoms with van der Waals surface area (Å²) in [7, 11) is 0. The molecule has 2 rings (SSSR count). The third-order valence-electron chi connectivity index (χ3n) is 3.54. The zero-order valence-corrected chi connectivity index (χ0v) is 12.9. The Kier molecular flexibility index (Phi) is 4.99. The average Bonchev–Trinajstić information content (AvgIpc) is 2.45. The van der Waals surface area contributed by atoms with Gasteiger partial charge in [0.1, 0.15) is 5.82 Å². The molecule has 0 radical (unpaired) electrons. The van der Waals surface area contributed by atoms with Crippen molar-refractivity contribution in [3.8, 4) is 0 Å². The molecular weight excluding hydrogens is 289 g/mol. The Morgan fingerprint density at radius 2 is 1.71 bits per heavy atom. The molecule has 112 valence electrons. The smallest absolute Gasteiger partial charge is 0.124 e. The second-order valence-corrected chi connectivity index (χ2v) is 5.98. The van der Waals surface area contributed by atoms with E-state index in [1.165, 1.54) is 12.1 Å². The summed E-state index contributed by atoms with van der Waals surface area (Å²) in [5.41, 5.74) is 2.48. The normalized spacial score (nSPS) is 11.7. The lowest BCUT2D eigenvalue weighted by Crippen LogP contribution is -2.36. The third kappa shape index (κ3) is 4.03. The minimum atomic E-state index is -0.375. The van der Waals surface area contributed by atoms with Gasteiger partial charge in [-0.15, -0.1) is 0 Å². The van der Waals surface area contributed by atoms with E-state index in [4.69, 9.17) is 16.7 Å². The van der Waals surface area contributed by atoms with Crippen molar-refractivity contribution in [2.45, 2.75) is 32.5 Å². The molecule has 0 saturated heterocycles. The molecule has 0 aromatic heterocycles. The maximum absolute atomic E-state index is 13.1. The Morgan fingerprint density at radius 3 is 2.29 bits per heavy atom. The summed E-state index contributed by atoms with van der Waals surface area (Å²) in [6, 6.07) is 12.2. The molecule has 0 spiro atoms. The summed E-state index contributed by atoms with van der Waals surface area (Å²) in [6.07, 6.45) is 0. The van der Waals surface area contributed by atoms with Crippen LogP contribution in [0.3, 0.4) is 0 Å². The Morgan fingerprint density at radius 1 is 1.10 bits per heavy atom. The molecule has 2 N–H and O–H groups in total. The molecule has 0 unspecified atom stereocenters. The average molecular weight is 308 g/mol. The second kappa shape index (κ2) is 6.56. The largest absolute Gasteiger partial charge is 0.392 e. The van der Waals surface area contributed by atoms with Crippen molar-refractivity contribution >= 4 is 11.6 Å². The zero-order chi connectivity index (χ0) is 15.5. The first kappa shape index (κ1) is 16.0. The molecule has 2 nitrogen and oxygen atoms in total. The first-order valence-corrected chi connectivity index (χ1v) is 7.19.